The molecule has 30 heavy (non-hydrogen) atoms. The number of ether oxygens (including phenoxy) is 1. The minimum Gasteiger partial charge on any atom is -0.495 e. The normalized spacial score (nSPS) is 13.6. The first kappa shape index (κ1) is 18.6. The van der Waals surface area contributed by atoms with Gasteiger partial charge in [-0.05, 0) is 48.2 Å². The van der Waals surface area contributed by atoms with Crippen LogP contribution in [0.4, 0.5) is 0 Å². The van der Waals surface area contributed by atoms with Gasteiger partial charge in [-0.1, -0.05) is 42.5 Å². The van der Waals surface area contributed by atoms with Gasteiger partial charge in [-0.2, -0.15) is 0 Å². The van der Waals surface area contributed by atoms with Crippen molar-refractivity contribution in [1.82, 2.24) is 4.98 Å². The lowest BCUT2D eigenvalue weighted by Crippen LogP contribution is -2.04. The predicted molar refractivity (Wildman–Crippen MR) is 114 cm³/mol. The van der Waals surface area contributed by atoms with Gasteiger partial charge in [-0.25, -0.2) is 8.42 Å². The van der Waals surface area contributed by atoms with Gasteiger partial charge in [0.25, 0.3) is 0 Å². The van der Waals surface area contributed by atoms with E-state index in [4.69, 9.17) is 4.74 Å². The number of aromatic nitrogens is 1. The SMILES string of the molecule is COc1cc2c3c([nH]c2cc1S(=O)(=O)c1ccccc1)C(=O)c1ccccc1CC3. The number of methoxy groups -OCH3 is 1. The highest BCUT2D eigenvalue weighted by atomic mass is 32.2. The molecule has 0 bridgehead atoms. The number of carbonyl (C=O) groups is 1. The van der Waals surface area contributed by atoms with Gasteiger partial charge in [-0.3, -0.25) is 4.79 Å². The number of benzene rings is 3. The minimum atomic E-state index is -3.77. The molecule has 1 heterocycles. The van der Waals surface area contributed by atoms with Crippen molar-refractivity contribution in [3.8, 4) is 5.75 Å². The van der Waals surface area contributed by atoms with Gasteiger partial charge in [0.1, 0.15) is 10.6 Å². The van der Waals surface area contributed by atoms with Crippen molar-refractivity contribution in [2.24, 2.45) is 0 Å². The lowest BCUT2D eigenvalue weighted by Gasteiger charge is -2.11. The maximum Gasteiger partial charge on any atom is 0.210 e. The van der Waals surface area contributed by atoms with E-state index < -0.39 is 9.84 Å². The van der Waals surface area contributed by atoms with Crippen LogP contribution < -0.4 is 4.74 Å². The van der Waals surface area contributed by atoms with Gasteiger partial charge < -0.3 is 9.72 Å². The molecule has 1 aliphatic carbocycles. The Labute approximate surface area is 174 Å². The Morgan fingerprint density at radius 1 is 0.933 bits per heavy atom. The van der Waals surface area contributed by atoms with Crippen LogP contribution in [-0.4, -0.2) is 26.3 Å². The van der Waals surface area contributed by atoms with E-state index in [1.165, 1.54) is 7.11 Å². The summed E-state index contributed by atoms with van der Waals surface area (Å²) >= 11 is 0. The number of aromatic amines is 1. The Morgan fingerprint density at radius 2 is 1.67 bits per heavy atom. The zero-order valence-corrected chi connectivity index (χ0v) is 17.1. The fourth-order valence-electron chi connectivity index (χ4n) is 4.16. The van der Waals surface area contributed by atoms with Crippen molar-refractivity contribution in [3.05, 3.63) is 89.1 Å². The highest BCUT2D eigenvalue weighted by Crippen LogP contribution is 2.37. The molecule has 1 N–H and O–H groups in total. The van der Waals surface area contributed by atoms with Gasteiger partial charge in [0, 0.05) is 16.5 Å². The van der Waals surface area contributed by atoms with Crippen LogP contribution in [0.15, 0.2) is 76.5 Å². The second kappa shape index (κ2) is 6.85. The van der Waals surface area contributed by atoms with Crippen molar-refractivity contribution in [3.63, 3.8) is 0 Å². The smallest absolute Gasteiger partial charge is 0.210 e. The summed E-state index contributed by atoms with van der Waals surface area (Å²) in [5.74, 6) is 0.197. The molecule has 4 aromatic rings. The van der Waals surface area contributed by atoms with Crippen molar-refractivity contribution < 1.29 is 17.9 Å². The molecule has 5 nitrogen and oxygen atoms in total. The van der Waals surface area contributed by atoms with Crippen molar-refractivity contribution in [1.29, 1.82) is 0 Å². The lowest BCUT2D eigenvalue weighted by atomic mass is 10.0. The van der Waals surface area contributed by atoms with Crippen LogP contribution in [0.3, 0.4) is 0 Å². The maximum atomic E-state index is 13.2. The highest BCUT2D eigenvalue weighted by Gasteiger charge is 2.28. The Balaban J connectivity index is 1.73. The van der Waals surface area contributed by atoms with E-state index in [-0.39, 0.29) is 21.3 Å². The van der Waals surface area contributed by atoms with Crippen molar-refractivity contribution >= 4 is 26.5 Å². The molecule has 0 atom stereocenters. The number of ketones is 1. The largest absolute Gasteiger partial charge is 0.495 e. The average Bonchev–Trinajstić information content (AvgIpc) is 3.07. The summed E-state index contributed by atoms with van der Waals surface area (Å²) in [5.41, 5.74) is 3.74. The number of hydrogen-bond donors (Lipinski definition) is 1. The van der Waals surface area contributed by atoms with Crippen LogP contribution >= 0.6 is 0 Å². The molecule has 1 aliphatic rings. The molecule has 0 radical (unpaired) electrons. The van der Waals surface area contributed by atoms with Crippen LogP contribution in [-0.2, 0) is 22.7 Å². The Hall–Kier alpha value is -3.38. The molecule has 3 aromatic carbocycles. The van der Waals surface area contributed by atoms with E-state index >= 15 is 0 Å². The average molecular weight is 417 g/mol. The number of sulfone groups is 1. The summed E-state index contributed by atoms with van der Waals surface area (Å²) in [6.45, 7) is 0. The van der Waals surface area contributed by atoms with Gasteiger partial charge in [0.05, 0.1) is 17.7 Å². The lowest BCUT2D eigenvalue weighted by molar-refractivity contribution is 0.103. The van der Waals surface area contributed by atoms with E-state index in [9.17, 15) is 13.2 Å². The van der Waals surface area contributed by atoms with Gasteiger partial charge in [0.2, 0.25) is 15.6 Å². The molecule has 0 spiro atoms. The molecular weight excluding hydrogens is 398 g/mol. The minimum absolute atomic E-state index is 0.0688. The molecule has 5 rings (SSSR count). The number of rotatable bonds is 3. The van der Waals surface area contributed by atoms with Crippen molar-refractivity contribution in [2.45, 2.75) is 22.6 Å². The van der Waals surface area contributed by atoms with Crippen LogP contribution in [0.25, 0.3) is 10.9 Å². The summed E-state index contributed by atoms with van der Waals surface area (Å²) in [6.07, 6.45) is 1.43. The topological polar surface area (TPSA) is 76.2 Å². The van der Waals surface area contributed by atoms with E-state index in [0.29, 0.717) is 23.2 Å². The van der Waals surface area contributed by atoms with E-state index in [2.05, 4.69) is 4.98 Å². The van der Waals surface area contributed by atoms with Crippen LogP contribution in [0, 0.1) is 0 Å². The zero-order chi connectivity index (χ0) is 20.9. The molecule has 0 fully saturated rings. The molecule has 6 heteroatoms. The number of aryl methyl sites for hydroxylation is 2. The summed E-state index contributed by atoms with van der Waals surface area (Å²) < 4.78 is 31.9. The number of H-pyrrole nitrogens is 1. The van der Waals surface area contributed by atoms with Gasteiger partial charge in [0.15, 0.2) is 0 Å². The Morgan fingerprint density at radius 3 is 2.43 bits per heavy atom. The number of nitrogens with one attached hydrogen (secondary N) is 1. The number of carbonyl (C=O) groups excluding carboxylic acids is 1. The van der Waals surface area contributed by atoms with E-state index in [1.54, 1.807) is 42.5 Å². The third kappa shape index (κ3) is 2.75. The second-order valence-electron chi connectivity index (χ2n) is 7.33. The van der Waals surface area contributed by atoms with Gasteiger partial charge in [-0.15, -0.1) is 0 Å². The third-order valence-corrected chi connectivity index (χ3v) is 7.46. The molecule has 0 unspecified atom stereocenters. The number of fused-ring (bicyclic) bond motifs is 4. The summed E-state index contributed by atoms with van der Waals surface area (Å²) in [5, 5.41) is 0.815. The van der Waals surface area contributed by atoms with Gasteiger partial charge >= 0.3 is 0 Å². The Bertz CT molecular complexity index is 1400. The fraction of sp³-hybridized carbons (Fsp3) is 0.125. The molecular formula is C24H19NO4S. The first-order chi connectivity index (χ1) is 14.5. The van der Waals surface area contributed by atoms with Crippen LogP contribution in [0.1, 0.15) is 27.2 Å². The standard InChI is InChI=1S/C24H19NO4S/c1-29-21-13-19-18-12-11-15-7-5-6-10-17(15)24(26)23(18)25-20(19)14-22(21)30(27,28)16-8-3-2-4-9-16/h2-10,13-14,25H,11-12H2,1H3. The molecule has 0 saturated heterocycles. The monoisotopic (exact) mass is 417 g/mol. The first-order valence-electron chi connectivity index (χ1n) is 9.66. The molecule has 1 aromatic heterocycles. The molecule has 0 amide bonds. The third-order valence-electron chi connectivity index (χ3n) is 5.67. The van der Waals surface area contributed by atoms with Crippen molar-refractivity contribution in [2.75, 3.05) is 7.11 Å². The quantitative estimate of drug-likeness (QED) is 0.538. The summed E-state index contributed by atoms with van der Waals surface area (Å²) in [4.78, 5) is 16.6. The fourth-order valence-corrected chi connectivity index (χ4v) is 5.61. The van der Waals surface area contributed by atoms with Crippen LogP contribution in [0.2, 0.25) is 0 Å². The number of hydrogen-bond acceptors (Lipinski definition) is 4. The molecule has 0 aliphatic heterocycles. The van der Waals surface area contributed by atoms with Crippen LogP contribution in [0.5, 0.6) is 5.75 Å². The molecule has 150 valence electrons. The van der Waals surface area contributed by atoms with E-state index in [1.807, 2.05) is 24.3 Å². The summed E-state index contributed by atoms with van der Waals surface area (Å²) in [6, 6.07) is 19.2. The maximum absolute atomic E-state index is 13.2. The zero-order valence-electron chi connectivity index (χ0n) is 16.3. The second-order valence-corrected chi connectivity index (χ2v) is 9.25. The summed E-state index contributed by atoms with van der Waals surface area (Å²) in [7, 11) is -2.32. The highest BCUT2D eigenvalue weighted by molar-refractivity contribution is 7.91. The molecule has 0 saturated carbocycles. The first-order valence-corrected chi connectivity index (χ1v) is 11.1. The van der Waals surface area contributed by atoms with E-state index in [0.717, 1.165) is 22.9 Å². The Kier molecular flexibility index (Phi) is 4.25. The predicted octanol–water partition coefficient (Wildman–Crippen LogP) is 4.34.